The molecule has 1 unspecified atom stereocenters. The largest absolute Gasteiger partial charge is 0.440 e. The van der Waals surface area contributed by atoms with Crippen LogP contribution in [0.1, 0.15) is 6.92 Å². The number of ether oxygens (including phenoxy) is 1. The van der Waals surface area contributed by atoms with Crippen molar-refractivity contribution in [2.24, 2.45) is 0 Å². The van der Waals surface area contributed by atoms with E-state index in [0.29, 0.717) is 13.1 Å². The Hall–Kier alpha value is -0.590. The summed E-state index contributed by atoms with van der Waals surface area (Å²) in [5.74, 6) is 0.738. The fraction of sp³-hybridized carbons (Fsp3) is 0.875. The van der Waals surface area contributed by atoms with Gasteiger partial charge >= 0.3 is 12.3 Å². The molecule has 0 saturated carbocycles. The van der Waals surface area contributed by atoms with Crippen LogP contribution in [0.15, 0.2) is 0 Å². The monoisotopic (exact) mass is 243 g/mol. The second-order valence-electron chi connectivity index (χ2n) is 3.30. The zero-order valence-corrected chi connectivity index (χ0v) is 9.03. The Labute approximate surface area is 89.9 Å². The summed E-state index contributed by atoms with van der Waals surface area (Å²) in [6.45, 7) is 1.31. The maximum Gasteiger partial charge on any atom is 0.422 e. The first-order valence-corrected chi connectivity index (χ1v) is 5.53. The molecule has 1 atom stereocenters. The summed E-state index contributed by atoms with van der Waals surface area (Å²) in [6.07, 6.45) is -5.33. The first-order chi connectivity index (χ1) is 6.88. The van der Waals surface area contributed by atoms with Gasteiger partial charge in [0, 0.05) is 24.1 Å². The molecule has 0 radical (unpaired) electrons. The van der Waals surface area contributed by atoms with Gasteiger partial charge in [-0.05, 0) is 0 Å². The first kappa shape index (κ1) is 12.5. The van der Waals surface area contributed by atoms with Crippen molar-refractivity contribution in [3.05, 3.63) is 0 Å². The highest BCUT2D eigenvalue weighted by atomic mass is 32.2. The van der Waals surface area contributed by atoms with Gasteiger partial charge in [-0.25, -0.2) is 4.79 Å². The van der Waals surface area contributed by atoms with E-state index in [-0.39, 0.29) is 5.25 Å². The van der Waals surface area contributed by atoms with Crippen molar-refractivity contribution in [1.82, 2.24) is 4.90 Å². The number of carbonyl (C=O) groups excluding carboxylic acids is 1. The number of amides is 1. The van der Waals surface area contributed by atoms with Gasteiger partial charge in [0.2, 0.25) is 0 Å². The van der Waals surface area contributed by atoms with Gasteiger partial charge in [0.25, 0.3) is 0 Å². The van der Waals surface area contributed by atoms with E-state index >= 15 is 0 Å². The molecule has 0 spiro atoms. The number of alkyl halides is 3. The quantitative estimate of drug-likeness (QED) is 0.706. The molecular formula is C8H12F3NO2S. The average molecular weight is 243 g/mol. The highest BCUT2D eigenvalue weighted by Gasteiger charge is 2.31. The molecule has 1 aliphatic heterocycles. The van der Waals surface area contributed by atoms with Crippen molar-refractivity contribution >= 4 is 17.9 Å². The maximum absolute atomic E-state index is 11.8. The lowest BCUT2D eigenvalue weighted by molar-refractivity contribution is -0.162. The SMILES string of the molecule is CC1CN(C(=O)OCC(F)(F)F)CCS1. The molecule has 3 nitrogen and oxygen atoms in total. The molecule has 1 heterocycles. The summed E-state index contributed by atoms with van der Waals surface area (Å²) in [5.41, 5.74) is 0. The third kappa shape index (κ3) is 4.63. The summed E-state index contributed by atoms with van der Waals surface area (Å²) >= 11 is 1.69. The third-order valence-corrected chi connectivity index (χ3v) is 2.99. The molecule has 88 valence electrons. The Morgan fingerprint density at radius 2 is 2.27 bits per heavy atom. The Kier molecular flexibility index (Phi) is 4.12. The van der Waals surface area contributed by atoms with Crippen LogP contribution in [0.5, 0.6) is 0 Å². The van der Waals surface area contributed by atoms with Crippen molar-refractivity contribution < 1.29 is 22.7 Å². The molecular weight excluding hydrogens is 231 g/mol. The van der Waals surface area contributed by atoms with Crippen LogP contribution in [-0.4, -0.2) is 47.9 Å². The summed E-state index contributed by atoms with van der Waals surface area (Å²) < 4.78 is 39.4. The smallest absolute Gasteiger partial charge is 0.422 e. The summed E-state index contributed by atoms with van der Waals surface area (Å²) in [4.78, 5) is 12.5. The molecule has 7 heteroatoms. The fourth-order valence-electron chi connectivity index (χ4n) is 1.22. The van der Waals surface area contributed by atoms with Gasteiger partial charge in [-0.1, -0.05) is 6.92 Å². The van der Waals surface area contributed by atoms with Crippen LogP contribution in [0, 0.1) is 0 Å². The maximum atomic E-state index is 11.8. The highest BCUT2D eigenvalue weighted by molar-refractivity contribution is 7.99. The van der Waals surface area contributed by atoms with Gasteiger partial charge in [-0.2, -0.15) is 24.9 Å². The number of nitrogens with zero attached hydrogens (tertiary/aromatic N) is 1. The number of carbonyl (C=O) groups is 1. The van der Waals surface area contributed by atoms with Crippen molar-refractivity contribution in [2.75, 3.05) is 25.4 Å². The first-order valence-electron chi connectivity index (χ1n) is 4.48. The fourth-order valence-corrected chi connectivity index (χ4v) is 2.23. The Balaban J connectivity index is 2.33. The van der Waals surface area contributed by atoms with Crippen LogP contribution >= 0.6 is 11.8 Å². The third-order valence-electron chi connectivity index (χ3n) is 1.86. The number of hydrogen-bond acceptors (Lipinski definition) is 3. The number of thioether (sulfide) groups is 1. The molecule has 1 fully saturated rings. The van der Waals surface area contributed by atoms with Crippen LogP contribution in [0.2, 0.25) is 0 Å². The van der Waals surface area contributed by atoms with E-state index < -0.39 is 18.9 Å². The second kappa shape index (κ2) is 4.96. The van der Waals surface area contributed by atoms with Gasteiger partial charge in [0.05, 0.1) is 0 Å². The summed E-state index contributed by atoms with van der Waals surface area (Å²) in [7, 11) is 0. The molecule has 15 heavy (non-hydrogen) atoms. The van der Waals surface area contributed by atoms with Crippen LogP contribution in [0.4, 0.5) is 18.0 Å². The molecule has 0 aromatic rings. The van der Waals surface area contributed by atoms with E-state index in [2.05, 4.69) is 4.74 Å². The Bertz CT molecular complexity index is 234. The topological polar surface area (TPSA) is 29.5 Å². The second-order valence-corrected chi connectivity index (χ2v) is 4.84. The molecule has 0 aromatic carbocycles. The highest BCUT2D eigenvalue weighted by Crippen LogP contribution is 2.19. The van der Waals surface area contributed by atoms with Gasteiger partial charge in [-0.15, -0.1) is 0 Å². The minimum absolute atomic E-state index is 0.247. The number of hydrogen-bond donors (Lipinski definition) is 0. The molecule has 0 N–H and O–H groups in total. The van der Waals surface area contributed by atoms with E-state index in [1.165, 1.54) is 4.90 Å². The molecule has 0 aromatic heterocycles. The lowest BCUT2D eigenvalue weighted by Crippen LogP contribution is -2.42. The van der Waals surface area contributed by atoms with Gasteiger partial charge < -0.3 is 9.64 Å². The molecule has 1 saturated heterocycles. The zero-order chi connectivity index (χ0) is 11.5. The van der Waals surface area contributed by atoms with Crippen LogP contribution in [-0.2, 0) is 4.74 Å². The lowest BCUT2D eigenvalue weighted by Gasteiger charge is -2.29. The van der Waals surface area contributed by atoms with E-state index in [9.17, 15) is 18.0 Å². The molecule has 0 aliphatic carbocycles. The van der Waals surface area contributed by atoms with E-state index in [1.807, 2.05) is 6.92 Å². The van der Waals surface area contributed by atoms with Gasteiger partial charge in [0.1, 0.15) is 0 Å². The summed E-state index contributed by atoms with van der Waals surface area (Å²) in [6, 6.07) is 0. The van der Waals surface area contributed by atoms with Crippen molar-refractivity contribution in [2.45, 2.75) is 18.3 Å². The minimum atomic E-state index is -4.45. The van der Waals surface area contributed by atoms with Crippen LogP contribution < -0.4 is 0 Å². The molecule has 1 amide bonds. The predicted molar refractivity (Wildman–Crippen MR) is 50.9 cm³/mol. The number of rotatable bonds is 1. The predicted octanol–water partition coefficient (Wildman–Crippen LogP) is 2.12. The normalized spacial score (nSPS) is 22.7. The average Bonchev–Trinajstić information content (AvgIpc) is 2.13. The standard InChI is InChI=1S/C8H12F3NO2S/c1-6-4-12(2-3-15-6)7(13)14-5-8(9,10)11/h6H,2-5H2,1H3. The van der Waals surface area contributed by atoms with Crippen LogP contribution in [0.25, 0.3) is 0 Å². The van der Waals surface area contributed by atoms with E-state index in [0.717, 1.165) is 5.75 Å². The lowest BCUT2D eigenvalue weighted by atomic mass is 10.4. The van der Waals surface area contributed by atoms with Gasteiger partial charge in [0.15, 0.2) is 6.61 Å². The Morgan fingerprint density at radius 1 is 1.60 bits per heavy atom. The van der Waals surface area contributed by atoms with E-state index in [1.54, 1.807) is 11.8 Å². The van der Waals surface area contributed by atoms with Crippen molar-refractivity contribution in [3.8, 4) is 0 Å². The van der Waals surface area contributed by atoms with Gasteiger partial charge in [-0.3, -0.25) is 0 Å². The van der Waals surface area contributed by atoms with Crippen molar-refractivity contribution in [3.63, 3.8) is 0 Å². The van der Waals surface area contributed by atoms with Crippen LogP contribution in [0.3, 0.4) is 0 Å². The molecule has 0 bridgehead atoms. The zero-order valence-electron chi connectivity index (χ0n) is 8.21. The minimum Gasteiger partial charge on any atom is -0.440 e. The molecule has 1 aliphatic rings. The number of halogens is 3. The van der Waals surface area contributed by atoms with E-state index in [4.69, 9.17) is 0 Å². The Morgan fingerprint density at radius 3 is 2.80 bits per heavy atom. The van der Waals surface area contributed by atoms with Crippen molar-refractivity contribution in [1.29, 1.82) is 0 Å². The summed E-state index contributed by atoms with van der Waals surface area (Å²) in [5, 5.41) is 0.247. The molecule has 1 rings (SSSR count).